The molecular formula is C8H12N2S. The van der Waals surface area contributed by atoms with E-state index < -0.39 is 0 Å². The summed E-state index contributed by atoms with van der Waals surface area (Å²) in [5, 5.41) is 0.434. The standard InChI is InChI=1S/C8H12N2S/c1-6(11-2)7-4-3-5-10-8(7)9/h3-6H,1-2H3,(H2,9,10). The number of hydrogen-bond donors (Lipinski definition) is 1. The number of hydrogen-bond acceptors (Lipinski definition) is 3. The van der Waals surface area contributed by atoms with E-state index in [2.05, 4.69) is 18.2 Å². The summed E-state index contributed by atoms with van der Waals surface area (Å²) in [5.41, 5.74) is 6.80. The second kappa shape index (κ2) is 3.62. The number of anilines is 1. The van der Waals surface area contributed by atoms with Crippen LogP contribution in [0.5, 0.6) is 0 Å². The number of aromatic nitrogens is 1. The SMILES string of the molecule is CSC(C)c1cccnc1N. The van der Waals surface area contributed by atoms with Gasteiger partial charge in [-0.25, -0.2) is 4.98 Å². The molecule has 1 atom stereocenters. The molecule has 0 aliphatic rings. The lowest BCUT2D eigenvalue weighted by molar-refractivity contribution is 1.08. The monoisotopic (exact) mass is 168 g/mol. The van der Waals surface area contributed by atoms with E-state index in [0.717, 1.165) is 5.56 Å². The van der Waals surface area contributed by atoms with Gasteiger partial charge in [-0.3, -0.25) is 0 Å². The van der Waals surface area contributed by atoms with Crippen LogP contribution in [0.4, 0.5) is 5.82 Å². The second-order valence-corrected chi connectivity index (χ2v) is 3.53. The highest BCUT2D eigenvalue weighted by Gasteiger charge is 2.06. The third-order valence-corrected chi connectivity index (χ3v) is 2.62. The maximum Gasteiger partial charge on any atom is 0.127 e. The average Bonchev–Trinajstić information content (AvgIpc) is 2.04. The Hall–Kier alpha value is -0.700. The summed E-state index contributed by atoms with van der Waals surface area (Å²) in [7, 11) is 0. The van der Waals surface area contributed by atoms with Crippen molar-refractivity contribution in [2.45, 2.75) is 12.2 Å². The van der Waals surface area contributed by atoms with Crippen molar-refractivity contribution >= 4 is 17.6 Å². The van der Waals surface area contributed by atoms with Gasteiger partial charge in [0.1, 0.15) is 5.82 Å². The van der Waals surface area contributed by atoms with Crippen LogP contribution in [0.15, 0.2) is 18.3 Å². The van der Waals surface area contributed by atoms with Gasteiger partial charge in [0.25, 0.3) is 0 Å². The first kappa shape index (κ1) is 8.40. The minimum Gasteiger partial charge on any atom is -0.383 e. The quantitative estimate of drug-likeness (QED) is 0.735. The van der Waals surface area contributed by atoms with Crippen molar-refractivity contribution in [2.75, 3.05) is 12.0 Å². The van der Waals surface area contributed by atoms with E-state index in [9.17, 15) is 0 Å². The molecule has 1 aromatic heterocycles. The lowest BCUT2D eigenvalue weighted by Gasteiger charge is -2.09. The molecule has 0 aliphatic carbocycles. The van der Waals surface area contributed by atoms with Crippen LogP contribution in [0.25, 0.3) is 0 Å². The molecule has 2 N–H and O–H groups in total. The fraction of sp³-hybridized carbons (Fsp3) is 0.375. The van der Waals surface area contributed by atoms with E-state index >= 15 is 0 Å². The van der Waals surface area contributed by atoms with Crippen molar-refractivity contribution < 1.29 is 0 Å². The minimum atomic E-state index is 0.434. The molecule has 1 aromatic rings. The maximum atomic E-state index is 5.67. The Bertz CT molecular complexity index is 237. The molecule has 0 aliphatic heterocycles. The van der Waals surface area contributed by atoms with Gasteiger partial charge in [-0.05, 0) is 19.2 Å². The maximum absolute atomic E-state index is 5.67. The van der Waals surface area contributed by atoms with Crippen molar-refractivity contribution in [3.8, 4) is 0 Å². The average molecular weight is 168 g/mol. The summed E-state index contributed by atoms with van der Waals surface area (Å²) in [4.78, 5) is 4.01. The molecule has 3 heteroatoms. The highest BCUT2D eigenvalue weighted by atomic mass is 32.2. The molecule has 0 aromatic carbocycles. The minimum absolute atomic E-state index is 0.434. The third kappa shape index (κ3) is 1.87. The van der Waals surface area contributed by atoms with E-state index in [4.69, 9.17) is 5.73 Å². The van der Waals surface area contributed by atoms with Crippen molar-refractivity contribution in [3.63, 3.8) is 0 Å². The molecule has 60 valence electrons. The van der Waals surface area contributed by atoms with E-state index in [1.807, 2.05) is 12.1 Å². The smallest absolute Gasteiger partial charge is 0.127 e. The molecule has 1 unspecified atom stereocenters. The predicted octanol–water partition coefficient (Wildman–Crippen LogP) is 2.09. The summed E-state index contributed by atoms with van der Waals surface area (Å²) in [6, 6.07) is 3.93. The first-order valence-corrected chi connectivity index (χ1v) is 4.77. The van der Waals surface area contributed by atoms with Crippen LogP contribution < -0.4 is 5.73 Å². The summed E-state index contributed by atoms with van der Waals surface area (Å²) >= 11 is 1.77. The van der Waals surface area contributed by atoms with Gasteiger partial charge in [-0.15, -0.1) is 0 Å². The lowest BCUT2D eigenvalue weighted by Crippen LogP contribution is -1.98. The van der Waals surface area contributed by atoms with Gasteiger partial charge < -0.3 is 5.73 Å². The number of thioether (sulfide) groups is 1. The molecule has 0 spiro atoms. The zero-order valence-corrected chi connectivity index (χ0v) is 7.56. The van der Waals surface area contributed by atoms with Crippen molar-refractivity contribution in [1.29, 1.82) is 0 Å². The van der Waals surface area contributed by atoms with E-state index in [1.54, 1.807) is 18.0 Å². The molecule has 0 fully saturated rings. The fourth-order valence-electron chi connectivity index (χ4n) is 0.901. The van der Waals surface area contributed by atoms with Crippen molar-refractivity contribution in [2.24, 2.45) is 0 Å². The van der Waals surface area contributed by atoms with E-state index in [0.29, 0.717) is 11.1 Å². The van der Waals surface area contributed by atoms with Gasteiger partial charge in [0.2, 0.25) is 0 Å². The van der Waals surface area contributed by atoms with Gasteiger partial charge in [-0.2, -0.15) is 11.8 Å². The van der Waals surface area contributed by atoms with Crippen LogP contribution in [0.1, 0.15) is 17.7 Å². The molecule has 0 bridgehead atoms. The fourth-order valence-corrected chi connectivity index (χ4v) is 1.35. The largest absolute Gasteiger partial charge is 0.383 e. The Kier molecular flexibility index (Phi) is 2.76. The first-order chi connectivity index (χ1) is 5.25. The van der Waals surface area contributed by atoms with Crippen LogP contribution in [0, 0.1) is 0 Å². The molecule has 0 radical (unpaired) electrons. The summed E-state index contributed by atoms with van der Waals surface area (Å²) in [6.07, 6.45) is 3.78. The molecule has 2 nitrogen and oxygen atoms in total. The molecule has 0 saturated heterocycles. The number of nitrogens with zero attached hydrogens (tertiary/aromatic N) is 1. The predicted molar refractivity (Wildman–Crippen MR) is 50.6 cm³/mol. The lowest BCUT2D eigenvalue weighted by atomic mass is 10.2. The van der Waals surface area contributed by atoms with Gasteiger partial charge >= 0.3 is 0 Å². The number of rotatable bonds is 2. The Balaban J connectivity index is 2.93. The normalized spacial score (nSPS) is 12.9. The summed E-state index contributed by atoms with van der Waals surface area (Å²) < 4.78 is 0. The van der Waals surface area contributed by atoms with Crippen LogP contribution in [0.3, 0.4) is 0 Å². The Labute approximate surface area is 71.2 Å². The first-order valence-electron chi connectivity index (χ1n) is 3.49. The summed E-state index contributed by atoms with van der Waals surface area (Å²) in [5.74, 6) is 0.648. The van der Waals surface area contributed by atoms with E-state index in [1.165, 1.54) is 0 Å². The van der Waals surface area contributed by atoms with Gasteiger partial charge in [0, 0.05) is 17.0 Å². The number of nitrogens with two attached hydrogens (primary N) is 1. The second-order valence-electron chi connectivity index (χ2n) is 2.36. The zero-order valence-electron chi connectivity index (χ0n) is 6.74. The van der Waals surface area contributed by atoms with Crippen LogP contribution in [-0.4, -0.2) is 11.2 Å². The van der Waals surface area contributed by atoms with Crippen molar-refractivity contribution in [3.05, 3.63) is 23.9 Å². The number of nitrogen functional groups attached to an aromatic ring is 1. The molecule has 1 rings (SSSR count). The number of pyridine rings is 1. The van der Waals surface area contributed by atoms with Gasteiger partial charge in [0.15, 0.2) is 0 Å². The molecule has 0 amide bonds. The van der Waals surface area contributed by atoms with Crippen LogP contribution >= 0.6 is 11.8 Å². The Morgan fingerprint density at radius 2 is 2.36 bits per heavy atom. The van der Waals surface area contributed by atoms with Crippen molar-refractivity contribution in [1.82, 2.24) is 4.98 Å². The molecule has 0 saturated carbocycles. The van der Waals surface area contributed by atoms with Crippen LogP contribution in [0.2, 0.25) is 0 Å². The van der Waals surface area contributed by atoms with Crippen LogP contribution in [-0.2, 0) is 0 Å². The molecule has 1 heterocycles. The zero-order chi connectivity index (χ0) is 8.27. The molecule has 11 heavy (non-hydrogen) atoms. The topological polar surface area (TPSA) is 38.9 Å². The van der Waals surface area contributed by atoms with Gasteiger partial charge in [0.05, 0.1) is 0 Å². The highest BCUT2D eigenvalue weighted by Crippen LogP contribution is 2.28. The summed E-state index contributed by atoms with van der Waals surface area (Å²) in [6.45, 7) is 2.12. The van der Waals surface area contributed by atoms with Gasteiger partial charge in [-0.1, -0.05) is 6.07 Å². The Morgan fingerprint density at radius 1 is 1.64 bits per heavy atom. The third-order valence-electron chi connectivity index (χ3n) is 1.66. The highest BCUT2D eigenvalue weighted by molar-refractivity contribution is 7.98. The van der Waals surface area contributed by atoms with E-state index in [-0.39, 0.29) is 0 Å². The molecular weight excluding hydrogens is 156 g/mol. The Morgan fingerprint density at radius 3 is 2.91 bits per heavy atom.